The molecule has 0 saturated heterocycles. The number of halogens is 3. The SMILES string of the molecule is COc1ccc(-c2nn(-c3ccccc3)cc2/C=N/Nc2ccc(C(F)(F)F)cn2)cc1. The van der Waals surface area contributed by atoms with Crippen LogP contribution in [-0.4, -0.2) is 28.1 Å². The first kappa shape index (κ1) is 21.1. The molecule has 0 bridgehead atoms. The maximum atomic E-state index is 12.7. The first-order valence-corrected chi connectivity index (χ1v) is 9.56. The van der Waals surface area contributed by atoms with Gasteiger partial charge in [0.05, 0.1) is 24.6 Å². The fourth-order valence-corrected chi connectivity index (χ4v) is 2.96. The third-order valence-corrected chi connectivity index (χ3v) is 4.60. The molecule has 0 amide bonds. The van der Waals surface area contributed by atoms with Crippen molar-refractivity contribution in [2.45, 2.75) is 6.18 Å². The number of hydrogen-bond acceptors (Lipinski definition) is 5. The third-order valence-electron chi connectivity index (χ3n) is 4.60. The summed E-state index contributed by atoms with van der Waals surface area (Å²) >= 11 is 0. The zero-order valence-corrected chi connectivity index (χ0v) is 16.9. The Morgan fingerprint density at radius 3 is 2.38 bits per heavy atom. The predicted octanol–water partition coefficient (Wildman–Crippen LogP) is 5.41. The van der Waals surface area contributed by atoms with E-state index in [2.05, 4.69) is 20.6 Å². The Kier molecular flexibility index (Phi) is 5.89. The lowest BCUT2D eigenvalue weighted by atomic mass is 10.1. The highest BCUT2D eigenvalue weighted by Crippen LogP contribution is 2.29. The van der Waals surface area contributed by atoms with Crippen LogP contribution < -0.4 is 10.2 Å². The summed E-state index contributed by atoms with van der Waals surface area (Å²) in [6.45, 7) is 0. The molecule has 0 saturated carbocycles. The molecule has 2 aromatic heterocycles. The topological polar surface area (TPSA) is 64.3 Å². The smallest absolute Gasteiger partial charge is 0.417 e. The number of ether oxygens (including phenoxy) is 1. The number of hydrazone groups is 1. The Morgan fingerprint density at radius 1 is 1.00 bits per heavy atom. The average Bonchev–Trinajstić information content (AvgIpc) is 3.24. The Bertz CT molecular complexity index is 1200. The van der Waals surface area contributed by atoms with Crippen LogP contribution in [-0.2, 0) is 6.18 Å². The van der Waals surface area contributed by atoms with E-state index in [9.17, 15) is 13.2 Å². The van der Waals surface area contributed by atoms with Crippen molar-refractivity contribution in [1.29, 1.82) is 0 Å². The first-order valence-electron chi connectivity index (χ1n) is 9.56. The molecule has 32 heavy (non-hydrogen) atoms. The lowest BCUT2D eigenvalue weighted by Gasteiger charge is -2.06. The first-order chi connectivity index (χ1) is 15.4. The molecule has 162 valence electrons. The summed E-state index contributed by atoms with van der Waals surface area (Å²) in [7, 11) is 1.60. The summed E-state index contributed by atoms with van der Waals surface area (Å²) in [4.78, 5) is 3.75. The van der Waals surface area contributed by atoms with Crippen molar-refractivity contribution in [3.05, 3.63) is 90.3 Å². The van der Waals surface area contributed by atoms with Gasteiger partial charge in [-0.15, -0.1) is 0 Å². The zero-order chi connectivity index (χ0) is 22.6. The van der Waals surface area contributed by atoms with Crippen LogP contribution in [0.4, 0.5) is 19.0 Å². The van der Waals surface area contributed by atoms with Crippen molar-refractivity contribution in [2.75, 3.05) is 12.5 Å². The second kappa shape index (κ2) is 8.93. The molecule has 1 N–H and O–H groups in total. The normalized spacial score (nSPS) is 11.6. The van der Waals surface area contributed by atoms with E-state index in [4.69, 9.17) is 4.74 Å². The lowest BCUT2D eigenvalue weighted by molar-refractivity contribution is -0.137. The van der Waals surface area contributed by atoms with Crippen LogP contribution in [0, 0.1) is 0 Å². The lowest BCUT2D eigenvalue weighted by Crippen LogP contribution is -2.05. The number of alkyl halides is 3. The minimum absolute atomic E-state index is 0.190. The van der Waals surface area contributed by atoms with Crippen LogP contribution in [0.1, 0.15) is 11.1 Å². The van der Waals surface area contributed by atoms with Crippen LogP contribution in [0.2, 0.25) is 0 Å². The van der Waals surface area contributed by atoms with Gasteiger partial charge in [-0.2, -0.15) is 23.4 Å². The third kappa shape index (κ3) is 4.77. The predicted molar refractivity (Wildman–Crippen MR) is 116 cm³/mol. The van der Waals surface area contributed by atoms with Gasteiger partial charge in [-0.25, -0.2) is 9.67 Å². The number of benzene rings is 2. The molecule has 4 rings (SSSR count). The number of hydrogen-bond donors (Lipinski definition) is 1. The van der Waals surface area contributed by atoms with E-state index in [0.29, 0.717) is 11.3 Å². The maximum absolute atomic E-state index is 12.7. The minimum atomic E-state index is -4.44. The summed E-state index contributed by atoms with van der Waals surface area (Å²) in [5, 5.41) is 8.82. The van der Waals surface area contributed by atoms with Gasteiger partial charge in [-0.3, -0.25) is 5.43 Å². The molecule has 0 aliphatic heterocycles. The highest BCUT2D eigenvalue weighted by molar-refractivity contribution is 5.89. The summed E-state index contributed by atoms with van der Waals surface area (Å²) in [5.41, 5.74) is 4.95. The van der Waals surface area contributed by atoms with Gasteiger partial charge in [-0.05, 0) is 48.5 Å². The second-order valence-electron chi connectivity index (χ2n) is 6.74. The van der Waals surface area contributed by atoms with Crippen molar-refractivity contribution >= 4 is 12.0 Å². The zero-order valence-electron chi connectivity index (χ0n) is 16.9. The van der Waals surface area contributed by atoms with Gasteiger partial charge >= 0.3 is 6.18 Å². The van der Waals surface area contributed by atoms with Crippen LogP contribution in [0.25, 0.3) is 16.9 Å². The van der Waals surface area contributed by atoms with E-state index in [1.807, 2.05) is 60.8 Å². The molecule has 0 fully saturated rings. The average molecular weight is 437 g/mol. The number of aromatic nitrogens is 3. The van der Waals surface area contributed by atoms with Gasteiger partial charge in [0.15, 0.2) is 0 Å². The van der Waals surface area contributed by atoms with Crippen LogP contribution >= 0.6 is 0 Å². The molecule has 2 heterocycles. The molecule has 0 radical (unpaired) electrons. The van der Waals surface area contributed by atoms with Crippen LogP contribution in [0.15, 0.2) is 84.2 Å². The van der Waals surface area contributed by atoms with Crippen molar-refractivity contribution in [3.63, 3.8) is 0 Å². The highest BCUT2D eigenvalue weighted by atomic mass is 19.4. The Balaban J connectivity index is 1.62. The largest absolute Gasteiger partial charge is 0.497 e. The van der Waals surface area contributed by atoms with E-state index < -0.39 is 11.7 Å². The van der Waals surface area contributed by atoms with Gasteiger partial charge in [0, 0.05) is 23.5 Å². The molecule has 0 atom stereocenters. The highest BCUT2D eigenvalue weighted by Gasteiger charge is 2.30. The molecule has 6 nitrogen and oxygen atoms in total. The summed E-state index contributed by atoms with van der Waals surface area (Å²) in [6.07, 6.45) is -0.312. The Hall–Kier alpha value is -4.14. The summed E-state index contributed by atoms with van der Waals surface area (Å²) in [5.74, 6) is 0.914. The van der Waals surface area contributed by atoms with Crippen LogP contribution in [0.5, 0.6) is 5.75 Å². The molecule has 2 aromatic carbocycles. The summed E-state index contributed by atoms with van der Waals surface area (Å²) < 4.78 is 45.0. The molecule has 4 aromatic rings. The molecule has 0 spiro atoms. The standard InChI is InChI=1S/C23H18F3N5O/c1-32-20-10-7-16(8-11-20)22-17(15-31(30-22)19-5-3-2-4-6-19)13-28-29-21-12-9-18(14-27-21)23(24,25)26/h2-15H,1H3,(H,27,29)/b28-13+. The van der Waals surface area contributed by atoms with Gasteiger partial charge in [0.25, 0.3) is 0 Å². The monoisotopic (exact) mass is 437 g/mol. The summed E-state index contributed by atoms with van der Waals surface area (Å²) in [6, 6.07) is 19.2. The van der Waals surface area contributed by atoms with Gasteiger partial charge in [-0.1, -0.05) is 18.2 Å². The van der Waals surface area contributed by atoms with Crippen LogP contribution in [0.3, 0.4) is 0 Å². The van der Waals surface area contributed by atoms with Gasteiger partial charge in [0.2, 0.25) is 0 Å². The fraction of sp³-hybridized carbons (Fsp3) is 0.0870. The number of methoxy groups -OCH3 is 1. The second-order valence-corrected chi connectivity index (χ2v) is 6.74. The van der Waals surface area contributed by atoms with Crippen molar-refractivity contribution in [3.8, 4) is 22.7 Å². The van der Waals surface area contributed by atoms with E-state index in [1.165, 1.54) is 6.07 Å². The molecular weight excluding hydrogens is 419 g/mol. The molecular formula is C23H18F3N5O. The molecule has 9 heteroatoms. The van der Waals surface area contributed by atoms with E-state index in [-0.39, 0.29) is 5.82 Å². The van der Waals surface area contributed by atoms with E-state index >= 15 is 0 Å². The quantitative estimate of drug-likeness (QED) is 0.324. The molecule has 0 unspecified atom stereocenters. The number of anilines is 1. The number of nitrogens with zero attached hydrogens (tertiary/aromatic N) is 4. The van der Waals surface area contributed by atoms with E-state index in [1.54, 1.807) is 18.0 Å². The number of nitrogens with one attached hydrogen (secondary N) is 1. The Morgan fingerprint density at radius 2 is 1.75 bits per heavy atom. The van der Waals surface area contributed by atoms with Gasteiger partial charge < -0.3 is 4.74 Å². The number of rotatable bonds is 6. The maximum Gasteiger partial charge on any atom is 0.417 e. The molecule has 0 aliphatic rings. The van der Waals surface area contributed by atoms with Crippen molar-refractivity contribution in [2.24, 2.45) is 5.10 Å². The fourth-order valence-electron chi connectivity index (χ4n) is 2.96. The molecule has 0 aliphatic carbocycles. The van der Waals surface area contributed by atoms with E-state index in [0.717, 1.165) is 29.3 Å². The number of pyridine rings is 1. The minimum Gasteiger partial charge on any atom is -0.497 e. The number of para-hydroxylation sites is 1. The van der Waals surface area contributed by atoms with Crippen molar-refractivity contribution in [1.82, 2.24) is 14.8 Å². The van der Waals surface area contributed by atoms with Crippen molar-refractivity contribution < 1.29 is 17.9 Å². The van der Waals surface area contributed by atoms with Gasteiger partial charge in [0.1, 0.15) is 17.3 Å². The Labute approximate surface area is 182 Å².